The molecule has 7 heteroatoms. The Morgan fingerprint density at radius 3 is 2.75 bits per heavy atom. The summed E-state index contributed by atoms with van der Waals surface area (Å²) in [5.41, 5.74) is 5.82. The summed E-state index contributed by atoms with van der Waals surface area (Å²) in [7, 11) is 1.23. The number of esters is 1. The lowest BCUT2D eigenvalue weighted by molar-refractivity contribution is 0.0597. The van der Waals surface area contributed by atoms with Crippen molar-refractivity contribution in [3.8, 4) is 5.75 Å². The number of halogens is 1. The van der Waals surface area contributed by atoms with Crippen molar-refractivity contribution >= 4 is 44.9 Å². The van der Waals surface area contributed by atoms with Crippen molar-refractivity contribution in [1.82, 2.24) is 0 Å². The molecule has 0 saturated heterocycles. The molecule has 0 spiro atoms. The number of carbonyl (C=O) groups excluding carboxylic acids is 1. The van der Waals surface area contributed by atoms with Crippen LogP contribution in [0.15, 0.2) is 16.6 Å². The molecule has 0 unspecified atom stereocenters. The van der Waals surface area contributed by atoms with Crippen molar-refractivity contribution < 1.29 is 14.6 Å². The zero-order valence-electron chi connectivity index (χ0n) is 8.28. The van der Waals surface area contributed by atoms with Crippen LogP contribution in [-0.4, -0.2) is 23.3 Å². The van der Waals surface area contributed by atoms with Crippen molar-refractivity contribution in [2.24, 2.45) is 5.73 Å². The molecule has 0 amide bonds. The van der Waals surface area contributed by atoms with Gasteiger partial charge in [-0.1, -0.05) is 0 Å². The van der Waals surface area contributed by atoms with Crippen LogP contribution in [0.4, 0.5) is 5.69 Å². The van der Waals surface area contributed by atoms with Gasteiger partial charge in [-0.05, 0) is 40.3 Å². The van der Waals surface area contributed by atoms with Gasteiger partial charge in [0, 0.05) is 0 Å². The van der Waals surface area contributed by atoms with E-state index in [-0.39, 0.29) is 16.4 Å². The van der Waals surface area contributed by atoms with Crippen LogP contribution in [0.25, 0.3) is 0 Å². The highest BCUT2D eigenvalue weighted by Crippen LogP contribution is 2.35. The highest BCUT2D eigenvalue weighted by Gasteiger charge is 2.16. The fourth-order valence-electron chi connectivity index (χ4n) is 1.07. The molecule has 0 aliphatic carbocycles. The molecule has 0 saturated carbocycles. The molecule has 16 heavy (non-hydrogen) atoms. The minimum Gasteiger partial charge on any atom is -0.506 e. The first kappa shape index (κ1) is 12.7. The first-order valence-electron chi connectivity index (χ1n) is 4.13. The third-order valence-corrected chi connectivity index (χ3v) is 2.68. The highest BCUT2D eigenvalue weighted by molar-refractivity contribution is 9.10. The number of carbonyl (C=O) groups is 1. The zero-order chi connectivity index (χ0) is 12.3. The summed E-state index contributed by atoms with van der Waals surface area (Å²) in [6.45, 7) is 0. The average molecular weight is 305 g/mol. The van der Waals surface area contributed by atoms with Crippen LogP contribution in [0.2, 0.25) is 0 Å². The Balaban J connectivity index is 3.17. The van der Waals surface area contributed by atoms with Crippen molar-refractivity contribution in [2.75, 3.05) is 12.4 Å². The van der Waals surface area contributed by atoms with Gasteiger partial charge in [0.25, 0.3) is 0 Å². The van der Waals surface area contributed by atoms with E-state index in [2.05, 4.69) is 38.2 Å². The Bertz CT molecular complexity index is 451. The van der Waals surface area contributed by atoms with Crippen molar-refractivity contribution in [1.29, 1.82) is 0 Å². The number of hydrogen-bond donors (Lipinski definition) is 3. The number of nitrogens with one attached hydrogen (secondary N) is 1. The van der Waals surface area contributed by atoms with E-state index in [1.807, 2.05) is 0 Å². The van der Waals surface area contributed by atoms with Crippen molar-refractivity contribution in [2.45, 2.75) is 0 Å². The van der Waals surface area contributed by atoms with Crippen molar-refractivity contribution in [3.05, 3.63) is 22.2 Å². The van der Waals surface area contributed by atoms with Gasteiger partial charge in [0.15, 0.2) is 5.11 Å². The summed E-state index contributed by atoms with van der Waals surface area (Å²) in [5.74, 6) is -0.854. The molecular weight excluding hydrogens is 296 g/mol. The number of phenolic OH excluding ortho intramolecular Hbond substituents is 1. The van der Waals surface area contributed by atoms with E-state index in [1.165, 1.54) is 13.2 Å². The fraction of sp³-hybridized carbons (Fsp3) is 0.111. The standard InChI is InChI=1S/C9H9BrN2O3S/c1-15-8(14)4-2-3-5(12-9(11)16)6(10)7(4)13/h2-3,13H,1H3,(H3,11,12,16). The summed E-state index contributed by atoms with van der Waals surface area (Å²) in [4.78, 5) is 11.2. The number of anilines is 1. The lowest BCUT2D eigenvalue weighted by Gasteiger charge is -2.10. The summed E-state index contributed by atoms with van der Waals surface area (Å²) < 4.78 is 4.80. The maximum absolute atomic E-state index is 11.2. The summed E-state index contributed by atoms with van der Waals surface area (Å²) in [6, 6.07) is 2.96. The lowest BCUT2D eigenvalue weighted by atomic mass is 10.2. The normalized spacial score (nSPS) is 9.62. The van der Waals surface area contributed by atoms with Gasteiger partial charge in [0.1, 0.15) is 11.3 Å². The maximum Gasteiger partial charge on any atom is 0.341 e. The number of hydrogen-bond acceptors (Lipinski definition) is 4. The molecule has 0 aliphatic rings. The third kappa shape index (κ3) is 2.61. The second-order valence-corrected chi connectivity index (χ2v) is 4.04. The van der Waals surface area contributed by atoms with E-state index < -0.39 is 5.97 Å². The second kappa shape index (κ2) is 5.13. The van der Waals surface area contributed by atoms with E-state index in [4.69, 9.17) is 5.73 Å². The quantitative estimate of drug-likeness (QED) is 0.568. The highest BCUT2D eigenvalue weighted by atomic mass is 79.9. The molecule has 0 radical (unpaired) electrons. The second-order valence-electron chi connectivity index (χ2n) is 2.80. The molecule has 1 rings (SSSR count). The number of aromatic hydroxyl groups is 1. The summed E-state index contributed by atoms with van der Waals surface area (Å²) in [6.07, 6.45) is 0. The van der Waals surface area contributed by atoms with Crippen LogP contribution < -0.4 is 11.1 Å². The van der Waals surface area contributed by atoms with Crippen LogP contribution in [0.1, 0.15) is 10.4 Å². The molecule has 0 heterocycles. The van der Waals surface area contributed by atoms with Gasteiger partial charge in [-0.2, -0.15) is 0 Å². The molecular formula is C9H9BrN2O3S. The number of nitrogens with two attached hydrogens (primary N) is 1. The van der Waals surface area contributed by atoms with Crippen LogP contribution >= 0.6 is 28.1 Å². The topological polar surface area (TPSA) is 84.6 Å². The van der Waals surface area contributed by atoms with Gasteiger partial charge in [-0.3, -0.25) is 0 Å². The molecule has 0 aromatic heterocycles. The molecule has 0 fully saturated rings. The van der Waals surface area contributed by atoms with Gasteiger partial charge >= 0.3 is 5.97 Å². The zero-order valence-corrected chi connectivity index (χ0v) is 10.7. The van der Waals surface area contributed by atoms with Gasteiger partial charge in [-0.25, -0.2) is 4.79 Å². The van der Waals surface area contributed by atoms with Gasteiger partial charge < -0.3 is 20.9 Å². The van der Waals surface area contributed by atoms with Crippen LogP contribution in [0, 0.1) is 0 Å². The Kier molecular flexibility index (Phi) is 4.08. The lowest BCUT2D eigenvalue weighted by Crippen LogP contribution is -2.19. The number of ether oxygens (including phenoxy) is 1. The fourth-order valence-corrected chi connectivity index (χ4v) is 1.62. The summed E-state index contributed by atoms with van der Waals surface area (Å²) >= 11 is 7.78. The van der Waals surface area contributed by atoms with Gasteiger partial charge in [0.2, 0.25) is 0 Å². The Morgan fingerprint density at radius 2 is 2.25 bits per heavy atom. The molecule has 0 atom stereocenters. The Morgan fingerprint density at radius 1 is 1.62 bits per heavy atom. The van der Waals surface area contributed by atoms with Crippen LogP contribution in [0.3, 0.4) is 0 Å². The number of rotatable bonds is 2. The van der Waals surface area contributed by atoms with E-state index >= 15 is 0 Å². The first-order chi connectivity index (χ1) is 7.47. The van der Waals surface area contributed by atoms with Gasteiger partial charge in [-0.15, -0.1) is 0 Å². The first-order valence-corrected chi connectivity index (χ1v) is 5.33. The minimum atomic E-state index is -0.625. The molecule has 4 N–H and O–H groups in total. The number of phenols is 1. The Labute approximate surface area is 106 Å². The molecule has 1 aromatic carbocycles. The number of thiocarbonyl (C=S) groups is 1. The van der Waals surface area contributed by atoms with Crippen molar-refractivity contribution in [3.63, 3.8) is 0 Å². The molecule has 86 valence electrons. The largest absolute Gasteiger partial charge is 0.506 e. The van der Waals surface area contributed by atoms with E-state index in [9.17, 15) is 9.90 Å². The molecule has 5 nitrogen and oxygen atoms in total. The monoisotopic (exact) mass is 304 g/mol. The van der Waals surface area contributed by atoms with E-state index in [1.54, 1.807) is 6.07 Å². The molecule has 0 aliphatic heterocycles. The summed E-state index contributed by atoms with van der Waals surface area (Å²) in [5, 5.41) is 12.4. The molecule has 1 aromatic rings. The average Bonchev–Trinajstić information content (AvgIpc) is 2.23. The number of methoxy groups -OCH3 is 1. The van der Waals surface area contributed by atoms with Crippen LogP contribution in [-0.2, 0) is 4.74 Å². The maximum atomic E-state index is 11.2. The number of benzene rings is 1. The predicted molar refractivity (Wildman–Crippen MR) is 67.6 cm³/mol. The molecule has 0 bridgehead atoms. The Hall–Kier alpha value is -1.34. The third-order valence-electron chi connectivity index (χ3n) is 1.78. The van der Waals surface area contributed by atoms with Gasteiger partial charge in [0.05, 0.1) is 17.3 Å². The minimum absolute atomic E-state index is 0.0582. The predicted octanol–water partition coefficient (Wildman–Crippen LogP) is 1.60. The van der Waals surface area contributed by atoms with E-state index in [0.29, 0.717) is 10.2 Å². The van der Waals surface area contributed by atoms with E-state index in [0.717, 1.165) is 0 Å². The SMILES string of the molecule is COC(=O)c1ccc(NC(N)=S)c(Br)c1O. The van der Waals surface area contributed by atoms with Crippen LogP contribution in [0.5, 0.6) is 5.75 Å². The smallest absolute Gasteiger partial charge is 0.341 e.